The SMILES string of the molecule is CCCCCCCCC1CC=C(CCc2ccc(OCCC)cc2)CC1. The topological polar surface area (TPSA) is 9.23 Å². The molecule has 1 aliphatic carbocycles. The minimum absolute atomic E-state index is 0.812. The van der Waals surface area contributed by atoms with Crippen molar-refractivity contribution in [1.82, 2.24) is 0 Å². The number of hydrogen-bond donors (Lipinski definition) is 0. The quantitative estimate of drug-likeness (QED) is 0.258. The molecule has 0 bridgehead atoms. The summed E-state index contributed by atoms with van der Waals surface area (Å²) < 4.78 is 5.66. The number of hydrogen-bond acceptors (Lipinski definition) is 1. The second kappa shape index (κ2) is 13.0. The first-order valence-electron chi connectivity index (χ1n) is 11.2. The van der Waals surface area contributed by atoms with Crippen LogP contribution < -0.4 is 4.74 Å². The second-order valence-electron chi connectivity index (χ2n) is 8.05. The van der Waals surface area contributed by atoms with Crippen molar-refractivity contribution >= 4 is 0 Å². The molecule has 1 heteroatoms. The Hall–Kier alpha value is -1.24. The Morgan fingerprint density at radius 1 is 0.885 bits per heavy atom. The highest BCUT2D eigenvalue weighted by Crippen LogP contribution is 2.30. The van der Waals surface area contributed by atoms with Gasteiger partial charge in [0.1, 0.15) is 5.75 Å². The first-order valence-corrected chi connectivity index (χ1v) is 11.2. The largest absolute Gasteiger partial charge is 0.494 e. The zero-order valence-electron chi connectivity index (χ0n) is 17.3. The van der Waals surface area contributed by atoms with Crippen LogP contribution in [0, 0.1) is 5.92 Å². The fourth-order valence-corrected chi connectivity index (χ4v) is 3.92. The maximum absolute atomic E-state index is 5.66. The predicted molar refractivity (Wildman–Crippen MR) is 114 cm³/mol. The lowest BCUT2D eigenvalue weighted by atomic mass is 9.84. The van der Waals surface area contributed by atoms with Crippen molar-refractivity contribution in [2.24, 2.45) is 5.92 Å². The van der Waals surface area contributed by atoms with Gasteiger partial charge < -0.3 is 4.74 Å². The summed E-state index contributed by atoms with van der Waals surface area (Å²) in [4.78, 5) is 0. The van der Waals surface area contributed by atoms with Gasteiger partial charge in [0, 0.05) is 0 Å². The summed E-state index contributed by atoms with van der Waals surface area (Å²) in [7, 11) is 0. The van der Waals surface area contributed by atoms with Gasteiger partial charge in [0.05, 0.1) is 6.61 Å². The van der Waals surface area contributed by atoms with E-state index in [-0.39, 0.29) is 0 Å². The molecule has 0 fully saturated rings. The summed E-state index contributed by atoms with van der Waals surface area (Å²) >= 11 is 0. The highest BCUT2D eigenvalue weighted by molar-refractivity contribution is 5.28. The van der Waals surface area contributed by atoms with E-state index >= 15 is 0 Å². The van der Waals surface area contributed by atoms with E-state index in [9.17, 15) is 0 Å². The lowest BCUT2D eigenvalue weighted by molar-refractivity contribution is 0.317. The Balaban J connectivity index is 1.60. The molecule has 1 aliphatic rings. The minimum atomic E-state index is 0.812. The minimum Gasteiger partial charge on any atom is -0.494 e. The first-order chi connectivity index (χ1) is 12.8. The van der Waals surface area contributed by atoms with E-state index in [0.717, 1.165) is 24.7 Å². The van der Waals surface area contributed by atoms with Crippen LogP contribution in [0.1, 0.15) is 96.5 Å². The maximum atomic E-state index is 5.66. The zero-order chi connectivity index (χ0) is 18.5. The van der Waals surface area contributed by atoms with Crippen LogP contribution in [0.2, 0.25) is 0 Å². The van der Waals surface area contributed by atoms with Crippen molar-refractivity contribution in [3.63, 3.8) is 0 Å². The number of unbranched alkanes of at least 4 members (excludes halogenated alkanes) is 5. The van der Waals surface area contributed by atoms with Gasteiger partial charge in [0.2, 0.25) is 0 Å². The van der Waals surface area contributed by atoms with E-state index in [2.05, 4.69) is 44.2 Å². The average molecular weight is 357 g/mol. The van der Waals surface area contributed by atoms with Crippen LogP contribution in [-0.4, -0.2) is 6.61 Å². The molecule has 146 valence electrons. The molecule has 1 aromatic carbocycles. The fraction of sp³-hybridized carbons (Fsp3) is 0.680. The van der Waals surface area contributed by atoms with Crippen molar-refractivity contribution in [3.8, 4) is 5.75 Å². The van der Waals surface area contributed by atoms with Gasteiger partial charge >= 0.3 is 0 Å². The average Bonchev–Trinajstić information content (AvgIpc) is 2.69. The summed E-state index contributed by atoms with van der Waals surface area (Å²) in [5.74, 6) is 1.96. The highest BCUT2D eigenvalue weighted by atomic mass is 16.5. The van der Waals surface area contributed by atoms with Gasteiger partial charge in [0.15, 0.2) is 0 Å². The van der Waals surface area contributed by atoms with Gasteiger partial charge in [-0.15, -0.1) is 0 Å². The lowest BCUT2D eigenvalue weighted by Crippen LogP contribution is -2.06. The summed E-state index contributed by atoms with van der Waals surface area (Å²) in [5, 5.41) is 0. The van der Waals surface area contributed by atoms with E-state index in [1.807, 2.05) is 0 Å². The molecule has 0 N–H and O–H groups in total. The number of allylic oxidation sites excluding steroid dienone is 2. The van der Waals surface area contributed by atoms with Crippen molar-refractivity contribution in [2.45, 2.75) is 97.3 Å². The van der Waals surface area contributed by atoms with Crippen LogP contribution >= 0.6 is 0 Å². The number of aryl methyl sites for hydroxylation is 1. The maximum Gasteiger partial charge on any atom is 0.119 e. The zero-order valence-corrected chi connectivity index (χ0v) is 17.3. The Labute approximate surface area is 162 Å². The standard InChI is InChI=1S/C25H40O/c1-3-5-6-7-8-9-10-22-11-13-23(14-12-22)15-16-24-17-19-25(20-18-24)26-21-4-2/h13,17-20,22H,3-12,14-16,21H2,1-2H3. The molecule has 0 saturated carbocycles. The number of ether oxygens (including phenoxy) is 1. The third kappa shape index (κ3) is 8.43. The molecule has 1 atom stereocenters. The second-order valence-corrected chi connectivity index (χ2v) is 8.05. The molecule has 0 aliphatic heterocycles. The Kier molecular flexibility index (Phi) is 10.5. The number of benzene rings is 1. The molecule has 0 aromatic heterocycles. The summed E-state index contributed by atoms with van der Waals surface area (Å²) in [6, 6.07) is 8.71. The first kappa shape index (κ1) is 21.1. The molecule has 0 spiro atoms. The van der Waals surface area contributed by atoms with Gasteiger partial charge in [-0.1, -0.05) is 82.6 Å². The summed E-state index contributed by atoms with van der Waals surface area (Å²) in [6.07, 6.45) is 20.1. The molecule has 0 radical (unpaired) electrons. The van der Waals surface area contributed by atoms with Crippen LogP contribution in [0.4, 0.5) is 0 Å². The van der Waals surface area contributed by atoms with Gasteiger partial charge in [0.25, 0.3) is 0 Å². The molecule has 0 saturated heterocycles. The number of rotatable bonds is 13. The van der Waals surface area contributed by atoms with Gasteiger partial charge in [-0.2, -0.15) is 0 Å². The Morgan fingerprint density at radius 3 is 2.35 bits per heavy atom. The molecule has 1 aromatic rings. The molecule has 0 amide bonds. The van der Waals surface area contributed by atoms with E-state index < -0.39 is 0 Å². The molecule has 2 rings (SSSR count). The molecule has 26 heavy (non-hydrogen) atoms. The van der Waals surface area contributed by atoms with E-state index in [1.165, 1.54) is 82.6 Å². The molecular weight excluding hydrogens is 316 g/mol. The predicted octanol–water partition coefficient (Wildman–Crippen LogP) is 7.89. The molecule has 0 heterocycles. The van der Waals surface area contributed by atoms with Crippen LogP contribution in [0.3, 0.4) is 0 Å². The van der Waals surface area contributed by atoms with E-state index in [4.69, 9.17) is 4.74 Å². The van der Waals surface area contributed by atoms with Crippen molar-refractivity contribution < 1.29 is 4.74 Å². The van der Waals surface area contributed by atoms with Gasteiger partial charge in [-0.3, -0.25) is 0 Å². The van der Waals surface area contributed by atoms with Crippen molar-refractivity contribution in [2.75, 3.05) is 6.61 Å². The van der Waals surface area contributed by atoms with Crippen molar-refractivity contribution in [3.05, 3.63) is 41.5 Å². The van der Waals surface area contributed by atoms with Crippen LogP contribution in [-0.2, 0) is 6.42 Å². The van der Waals surface area contributed by atoms with Crippen LogP contribution in [0.25, 0.3) is 0 Å². The third-order valence-electron chi connectivity index (χ3n) is 5.71. The van der Waals surface area contributed by atoms with Crippen LogP contribution in [0.15, 0.2) is 35.9 Å². The van der Waals surface area contributed by atoms with Gasteiger partial charge in [-0.25, -0.2) is 0 Å². The highest BCUT2D eigenvalue weighted by Gasteiger charge is 2.14. The van der Waals surface area contributed by atoms with Gasteiger partial charge in [-0.05, 0) is 62.1 Å². The molecule has 1 nitrogen and oxygen atoms in total. The van der Waals surface area contributed by atoms with E-state index in [1.54, 1.807) is 5.57 Å². The smallest absolute Gasteiger partial charge is 0.119 e. The Bertz CT molecular complexity index is 499. The molecular formula is C25H40O. The van der Waals surface area contributed by atoms with E-state index in [0.29, 0.717) is 0 Å². The summed E-state index contributed by atoms with van der Waals surface area (Å²) in [6.45, 7) is 5.25. The van der Waals surface area contributed by atoms with Crippen molar-refractivity contribution in [1.29, 1.82) is 0 Å². The third-order valence-corrected chi connectivity index (χ3v) is 5.71. The normalized spacial score (nSPS) is 17.2. The monoisotopic (exact) mass is 356 g/mol. The fourth-order valence-electron chi connectivity index (χ4n) is 3.92. The Morgan fingerprint density at radius 2 is 1.65 bits per heavy atom. The van der Waals surface area contributed by atoms with Crippen LogP contribution in [0.5, 0.6) is 5.75 Å². The summed E-state index contributed by atoms with van der Waals surface area (Å²) in [5.41, 5.74) is 3.12. The lowest BCUT2D eigenvalue weighted by Gasteiger charge is -2.22. The molecule has 1 unspecified atom stereocenters.